The van der Waals surface area contributed by atoms with E-state index in [0.717, 1.165) is 21.8 Å². The number of aromatic nitrogens is 1. The number of carbonyl (C=O) groups excluding carboxylic acids is 2. The molecule has 0 aliphatic heterocycles. The highest BCUT2D eigenvalue weighted by Crippen LogP contribution is 2.32. The van der Waals surface area contributed by atoms with Gasteiger partial charge in [0.05, 0.1) is 22.4 Å². The monoisotopic (exact) mass is 293 g/mol. The number of fused-ring (bicyclic) bond motifs is 2. The lowest BCUT2D eigenvalue weighted by atomic mass is 10.1. The van der Waals surface area contributed by atoms with Gasteiger partial charge in [-0.25, -0.2) is 4.98 Å². The molecule has 0 aliphatic carbocycles. The van der Waals surface area contributed by atoms with Crippen LogP contribution in [0.3, 0.4) is 0 Å². The zero-order valence-corrected chi connectivity index (χ0v) is 12.3. The average molecular weight is 293 g/mol. The summed E-state index contributed by atoms with van der Waals surface area (Å²) in [6.07, 6.45) is 0. The summed E-state index contributed by atoms with van der Waals surface area (Å²) in [5, 5.41) is 7.30. The normalized spacial score (nSPS) is 10.6. The number of rotatable bonds is 2. The van der Waals surface area contributed by atoms with Gasteiger partial charge in [-0.3, -0.25) is 9.59 Å². The number of hydrogen-bond acceptors (Lipinski definition) is 3. The van der Waals surface area contributed by atoms with E-state index in [1.807, 2.05) is 36.4 Å². The van der Waals surface area contributed by atoms with Crippen LogP contribution in [0, 0.1) is 0 Å². The van der Waals surface area contributed by atoms with E-state index in [4.69, 9.17) is 0 Å². The molecule has 0 fully saturated rings. The van der Waals surface area contributed by atoms with Crippen LogP contribution in [0.5, 0.6) is 0 Å². The lowest BCUT2D eigenvalue weighted by Gasteiger charge is -2.14. The van der Waals surface area contributed by atoms with Crippen molar-refractivity contribution in [2.75, 3.05) is 10.6 Å². The van der Waals surface area contributed by atoms with Gasteiger partial charge in [0.2, 0.25) is 11.8 Å². The van der Waals surface area contributed by atoms with Gasteiger partial charge in [0.15, 0.2) is 0 Å². The predicted molar refractivity (Wildman–Crippen MR) is 87.9 cm³/mol. The third-order valence-corrected chi connectivity index (χ3v) is 3.31. The van der Waals surface area contributed by atoms with Gasteiger partial charge in [-0.1, -0.05) is 18.2 Å². The fourth-order valence-corrected chi connectivity index (χ4v) is 2.45. The highest BCUT2D eigenvalue weighted by molar-refractivity contribution is 6.10. The molecule has 0 unspecified atom stereocenters. The first-order valence-electron chi connectivity index (χ1n) is 6.92. The summed E-state index contributed by atoms with van der Waals surface area (Å²) in [4.78, 5) is 27.5. The maximum absolute atomic E-state index is 11.5. The smallest absolute Gasteiger partial charge is 0.221 e. The molecule has 5 heteroatoms. The molecule has 1 aromatic heterocycles. The number of nitrogens with zero attached hydrogens (tertiary/aromatic N) is 1. The summed E-state index contributed by atoms with van der Waals surface area (Å²) >= 11 is 0. The van der Waals surface area contributed by atoms with Crippen LogP contribution < -0.4 is 10.6 Å². The molecule has 0 atom stereocenters. The molecule has 2 N–H and O–H groups in total. The summed E-state index contributed by atoms with van der Waals surface area (Å²) in [5.74, 6) is -0.396. The minimum Gasteiger partial charge on any atom is -0.325 e. The molecule has 0 saturated heterocycles. The second-order valence-electron chi connectivity index (χ2n) is 5.10. The van der Waals surface area contributed by atoms with Crippen molar-refractivity contribution in [2.24, 2.45) is 0 Å². The second-order valence-corrected chi connectivity index (χ2v) is 5.10. The van der Waals surface area contributed by atoms with E-state index in [1.54, 1.807) is 6.07 Å². The van der Waals surface area contributed by atoms with Crippen LogP contribution in [0.4, 0.5) is 11.4 Å². The lowest BCUT2D eigenvalue weighted by Crippen LogP contribution is -2.12. The van der Waals surface area contributed by atoms with Crippen molar-refractivity contribution >= 4 is 45.0 Å². The molecule has 22 heavy (non-hydrogen) atoms. The van der Waals surface area contributed by atoms with Crippen LogP contribution in [0.25, 0.3) is 21.8 Å². The number of benzene rings is 2. The van der Waals surface area contributed by atoms with Crippen LogP contribution in [0.2, 0.25) is 0 Å². The van der Waals surface area contributed by atoms with Gasteiger partial charge in [0.1, 0.15) is 0 Å². The Morgan fingerprint density at radius 2 is 1.64 bits per heavy atom. The lowest BCUT2D eigenvalue weighted by molar-refractivity contribution is -0.115. The van der Waals surface area contributed by atoms with Crippen molar-refractivity contribution in [1.82, 2.24) is 4.98 Å². The number of carbonyl (C=O) groups is 2. The van der Waals surface area contributed by atoms with Gasteiger partial charge in [0.25, 0.3) is 0 Å². The molecule has 0 saturated carbocycles. The minimum atomic E-state index is -0.202. The molecular weight excluding hydrogens is 278 g/mol. The third kappa shape index (κ3) is 2.61. The number of amides is 2. The molecule has 2 aromatic carbocycles. The number of para-hydroxylation sites is 1. The van der Waals surface area contributed by atoms with E-state index in [-0.39, 0.29) is 11.8 Å². The Labute approximate surface area is 127 Å². The molecule has 3 rings (SSSR count). The van der Waals surface area contributed by atoms with E-state index in [0.29, 0.717) is 11.4 Å². The zero-order chi connectivity index (χ0) is 15.7. The SMILES string of the molecule is CC(=O)Nc1ccc2nc3ccccc3cc2c1NC(C)=O. The summed E-state index contributed by atoms with van der Waals surface area (Å²) < 4.78 is 0. The van der Waals surface area contributed by atoms with Crippen molar-refractivity contribution < 1.29 is 9.59 Å². The van der Waals surface area contributed by atoms with Crippen molar-refractivity contribution in [2.45, 2.75) is 13.8 Å². The first-order chi connectivity index (χ1) is 10.5. The number of nitrogens with one attached hydrogen (secondary N) is 2. The van der Waals surface area contributed by atoms with E-state index in [9.17, 15) is 9.59 Å². The molecule has 3 aromatic rings. The molecule has 2 amide bonds. The Bertz CT molecular complexity index is 903. The van der Waals surface area contributed by atoms with E-state index in [2.05, 4.69) is 15.6 Å². The fourth-order valence-electron chi connectivity index (χ4n) is 2.45. The Morgan fingerprint density at radius 3 is 2.36 bits per heavy atom. The summed E-state index contributed by atoms with van der Waals surface area (Å²) in [7, 11) is 0. The van der Waals surface area contributed by atoms with Gasteiger partial charge in [0, 0.05) is 24.6 Å². The number of anilines is 2. The zero-order valence-electron chi connectivity index (χ0n) is 12.3. The minimum absolute atomic E-state index is 0.195. The number of hydrogen-bond donors (Lipinski definition) is 2. The van der Waals surface area contributed by atoms with Crippen molar-refractivity contribution in [3.8, 4) is 0 Å². The van der Waals surface area contributed by atoms with Crippen LogP contribution in [0.1, 0.15) is 13.8 Å². The van der Waals surface area contributed by atoms with Gasteiger partial charge >= 0.3 is 0 Å². The van der Waals surface area contributed by atoms with Crippen LogP contribution in [-0.2, 0) is 9.59 Å². The summed E-state index contributed by atoms with van der Waals surface area (Å²) in [6.45, 7) is 2.87. The van der Waals surface area contributed by atoms with Crippen molar-refractivity contribution in [3.05, 3.63) is 42.5 Å². The maximum atomic E-state index is 11.5. The summed E-state index contributed by atoms with van der Waals surface area (Å²) in [6, 6.07) is 13.3. The first kappa shape index (κ1) is 14.0. The van der Waals surface area contributed by atoms with Crippen molar-refractivity contribution in [3.63, 3.8) is 0 Å². The first-order valence-corrected chi connectivity index (χ1v) is 6.92. The number of pyridine rings is 1. The van der Waals surface area contributed by atoms with Crippen LogP contribution in [0.15, 0.2) is 42.5 Å². The second kappa shape index (κ2) is 5.44. The van der Waals surface area contributed by atoms with Gasteiger partial charge in [-0.15, -0.1) is 0 Å². The van der Waals surface area contributed by atoms with Gasteiger partial charge in [-0.2, -0.15) is 0 Å². The van der Waals surface area contributed by atoms with Crippen molar-refractivity contribution in [1.29, 1.82) is 0 Å². The fraction of sp³-hybridized carbons (Fsp3) is 0.118. The van der Waals surface area contributed by atoms with Gasteiger partial charge < -0.3 is 10.6 Å². The molecule has 1 heterocycles. The quantitative estimate of drug-likeness (QED) is 0.712. The highest BCUT2D eigenvalue weighted by atomic mass is 16.2. The molecular formula is C17H15N3O2. The third-order valence-electron chi connectivity index (χ3n) is 3.31. The Kier molecular flexibility index (Phi) is 3.47. The largest absolute Gasteiger partial charge is 0.325 e. The Balaban J connectivity index is 2.31. The molecule has 0 aliphatic rings. The van der Waals surface area contributed by atoms with E-state index in [1.165, 1.54) is 13.8 Å². The predicted octanol–water partition coefficient (Wildman–Crippen LogP) is 3.30. The van der Waals surface area contributed by atoms with E-state index >= 15 is 0 Å². The molecule has 110 valence electrons. The molecule has 5 nitrogen and oxygen atoms in total. The maximum Gasteiger partial charge on any atom is 0.221 e. The van der Waals surface area contributed by atoms with E-state index < -0.39 is 0 Å². The molecule has 0 radical (unpaired) electrons. The Morgan fingerprint density at radius 1 is 0.909 bits per heavy atom. The van der Waals surface area contributed by atoms with Crippen LogP contribution in [-0.4, -0.2) is 16.8 Å². The molecule has 0 spiro atoms. The average Bonchev–Trinajstić information content (AvgIpc) is 2.47. The molecule has 0 bridgehead atoms. The highest BCUT2D eigenvalue weighted by Gasteiger charge is 2.12. The van der Waals surface area contributed by atoms with Crippen LogP contribution >= 0.6 is 0 Å². The Hall–Kier alpha value is -2.95. The van der Waals surface area contributed by atoms with Gasteiger partial charge in [-0.05, 0) is 24.3 Å². The standard InChI is InChI=1S/C17H15N3O2/c1-10(21)18-16-8-7-15-13(17(16)19-11(2)22)9-12-5-3-4-6-14(12)20-15/h3-9H,1-2H3,(H,18,21)(H,19,22). The topological polar surface area (TPSA) is 71.1 Å². The summed E-state index contributed by atoms with van der Waals surface area (Å²) in [5.41, 5.74) is 2.78.